The molecular formula is C24H35N3O4. The molecule has 1 heterocycles. The molecule has 31 heavy (non-hydrogen) atoms. The first-order chi connectivity index (χ1) is 14.9. The maximum Gasteiger partial charge on any atom is 0.243 e. The summed E-state index contributed by atoms with van der Waals surface area (Å²) in [6, 6.07) is 6.84. The molecule has 2 aliphatic rings. The van der Waals surface area contributed by atoms with Gasteiger partial charge in [0.2, 0.25) is 17.7 Å². The van der Waals surface area contributed by atoms with Crippen LogP contribution < -0.4 is 20.3 Å². The van der Waals surface area contributed by atoms with Crippen LogP contribution in [0.4, 0.5) is 5.69 Å². The molecule has 0 spiro atoms. The molecule has 1 aliphatic heterocycles. The first-order valence-electron chi connectivity index (χ1n) is 11.5. The number of nitrogens with one attached hydrogen (secondary N) is 2. The molecule has 170 valence electrons. The maximum absolute atomic E-state index is 13.0. The second-order valence-corrected chi connectivity index (χ2v) is 8.82. The maximum atomic E-state index is 13.0. The van der Waals surface area contributed by atoms with Crippen LogP contribution in [0.3, 0.4) is 0 Å². The van der Waals surface area contributed by atoms with Gasteiger partial charge < -0.3 is 20.3 Å². The molecule has 7 heteroatoms. The zero-order valence-electron chi connectivity index (χ0n) is 18.9. The summed E-state index contributed by atoms with van der Waals surface area (Å²) in [4.78, 5) is 40.1. The number of rotatable bonds is 8. The lowest BCUT2D eigenvalue weighted by Gasteiger charge is -2.29. The van der Waals surface area contributed by atoms with Crippen molar-refractivity contribution in [1.29, 1.82) is 0 Å². The van der Waals surface area contributed by atoms with E-state index < -0.39 is 12.0 Å². The molecule has 7 nitrogen and oxygen atoms in total. The average molecular weight is 430 g/mol. The van der Waals surface area contributed by atoms with E-state index in [9.17, 15) is 14.4 Å². The minimum Gasteiger partial charge on any atom is -0.497 e. The SMILES string of the molecule is CC[C@@H](C)[C@H](NC(=O)[C@H]1CC(=O)N(c2ccc(OC)cc2)C1)C(=O)NC1CCCCC1. The van der Waals surface area contributed by atoms with Crippen molar-refractivity contribution >= 4 is 23.4 Å². The lowest BCUT2D eigenvalue weighted by atomic mass is 9.93. The second-order valence-electron chi connectivity index (χ2n) is 8.82. The topological polar surface area (TPSA) is 87.7 Å². The molecule has 1 aromatic carbocycles. The molecule has 0 radical (unpaired) electrons. The van der Waals surface area contributed by atoms with Crippen molar-refractivity contribution in [3.63, 3.8) is 0 Å². The number of benzene rings is 1. The Morgan fingerprint density at radius 3 is 2.45 bits per heavy atom. The first-order valence-corrected chi connectivity index (χ1v) is 11.5. The van der Waals surface area contributed by atoms with Crippen molar-refractivity contribution in [3.8, 4) is 5.75 Å². The van der Waals surface area contributed by atoms with E-state index in [4.69, 9.17) is 4.74 Å². The largest absolute Gasteiger partial charge is 0.497 e. The highest BCUT2D eigenvalue weighted by molar-refractivity contribution is 6.01. The highest BCUT2D eigenvalue weighted by Crippen LogP contribution is 2.27. The average Bonchev–Trinajstić information content (AvgIpc) is 3.19. The first kappa shape index (κ1) is 23.1. The highest BCUT2D eigenvalue weighted by atomic mass is 16.5. The molecule has 1 saturated heterocycles. The smallest absolute Gasteiger partial charge is 0.243 e. The standard InChI is InChI=1S/C24H35N3O4/c1-4-16(2)22(24(30)25-18-8-6-5-7-9-18)26-23(29)17-14-21(28)27(15-17)19-10-12-20(31-3)13-11-19/h10-13,16-18,22H,4-9,14-15H2,1-3H3,(H,25,30)(H,26,29)/t16-,17+,22+/m1/s1. The summed E-state index contributed by atoms with van der Waals surface area (Å²) in [6.45, 7) is 4.31. The van der Waals surface area contributed by atoms with Crippen molar-refractivity contribution in [3.05, 3.63) is 24.3 Å². The molecule has 3 amide bonds. The van der Waals surface area contributed by atoms with Gasteiger partial charge in [-0.15, -0.1) is 0 Å². The minimum atomic E-state index is -0.579. The fourth-order valence-corrected chi connectivity index (χ4v) is 4.41. The van der Waals surface area contributed by atoms with Gasteiger partial charge >= 0.3 is 0 Å². The Bertz CT molecular complexity index is 774. The number of amides is 3. The lowest BCUT2D eigenvalue weighted by Crippen LogP contribution is -2.54. The van der Waals surface area contributed by atoms with Crippen LogP contribution in [-0.2, 0) is 14.4 Å². The summed E-state index contributed by atoms with van der Waals surface area (Å²) in [5, 5.41) is 6.10. The molecule has 1 saturated carbocycles. The number of hydrogen-bond acceptors (Lipinski definition) is 4. The van der Waals surface area contributed by atoms with Gasteiger partial charge in [0.05, 0.1) is 13.0 Å². The molecule has 3 atom stereocenters. The minimum absolute atomic E-state index is 0.0161. The lowest BCUT2D eigenvalue weighted by molar-refractivity contribution is -0.132. The van der Waals surface area contributed by atoms with Gasteiger partial charge in [0.15, 0.2) is 0 Å². The summed E-state index contributed by atoms with van der Waals surface area (Å²) in [7, 11) is 1.59. The number of nitrogens with zero attached hydrogens (tertiary/aromatic N) is 1. The normalized spacial score (nSPS) is 21.5. The van der Waals surface area contributed by atoms with Crippen molar-refractivity contribution < 1.29 is 19.1 Å². The highest BCUT2D eigenvalue weighted by Gasteiger charge is 2.37. The summed E-state index contributed by atoms with van der Waals surface area (Å²) >= 11 is 0. The van der Waals surface area contributed by atoms with Gasteiger partial charge in [0, 0.05) is 24.7 Å². The zero-order chi connectivity index (χ0) is 22.4. The van der Waals surface area contributed by atoms with E-state index in [1.165, 1.54) is 6.42 Å². The molecule has 2 fully saturated rings. The van der Waals surface area contributed by atoms with Gasteiger partial charge in [-0.3, -0.25) is 14.4 Å². The van der Waals surface area contributed by atoms with Gasteiger partial charge in [-0.2, -0.15) is 0 Å². The van der Waals surface area contributed by atoms with E-state index in [1.807, 2.05) is 26.0 Å². The fraction of sp³-hybridized carbons (Fsp3) is 0.625. The van der Waals surface area contributed by atoms with E-state index in [-0.39, 0.29) is 36.1 Å². The van der Waals surface area contributed by atoms with Crippen LogP contribution in [0.1, 0.15) is 58.8 Å². The predicted octanol–water partition coefficient (Wildman–Crippen LogP) is 3.03. The van der Waals surface area contributed by atoms with Crippen molar-refractivity contribution in [1.82, 2.24) is 10.6 Å². The number of methoxy groups -OCH3 is 1. The Kier molecular flexibility index (Phi) is 7.93. The summed E-state index contributed by atoms with van der Waals surface area (Å²) < 4.78 is 5.17. The zero-order valence-corrected chi connectivity index (χ0v) is 18.9. The number of anilines is 1. The fourth-order valence-electron chi connectivity index (χ4n) is 4.41. The van der Waals surface area contributed by atoms with Crippen molar-refractivity contribution in [2.75, 3.05) is 18.6 Å². The molecule has 0 bridgehead atoms. The van der Waals surface area contributed by atoms with Gasteiger partial charge in [0.1, 0.15) is 11.8 Å². The second kappa shape index (κ2) is 10.6. The van der Waals surface area contributed by atoms with Crippen molar-refractivity contribution in [2.24, 2.45) is 11.8 Å². The van der Waals surface area contributed by atoms with Crippen LogP contribution >= 0.6 is 0 Å². The Labute approximate surface area is 184 Å². The van der Waals surface area contributed by atoms with Crippen LogP contribution in [0.5, 0.6) is 5.75 Å². The molecule has 0 aromatic heterocycles. The Morgan fingerprint density at radius 1 is 1.16 bits per heavy atom. The van der Waals surface area contributed by atoms with E-state index in [0.717, 1.165) is 37.8 Å². The molecule has 1 aromatic rings. The third-order valence-corrected chi connectivity index (χ3v) is 6.62. The predicted molar refractivity (Wildman–Crippen MR) is 120 cm³/mol. The number of hydrogen-bond donors (Lipinski definition) is 2. The van der Waals surface area contributed by atoms with Gasteiger partial charge in [-0.1, -0.05) is 39.5 Å². The van der Waals surface area contributed by atoms with E-state index >= 15 is 0 Å². The Balaban J connectivity index is 1.62. The van der Waals surface area contributed by atoms with Gasteiger partial charge in [0.25, 0.3) is 0 Å². The van der Waals surface area contributed by atoms with Crippen LogP contribution in [-0.4, -0.2) is 43.5 Å². The Morgan fingerprint density at radius 2 is 1.84 bits per heavy atom. The molecule has 1 aliphatic carbocycles. The molecular weight excluding hydrogens is 394 g/mol. The van der Waals surface area contributed by atoms with E-state index in [0.29, 0.717) is 12.3 Å². The summed E-state index contributed by atoms with van der Waals surface area (Å²) in [5.74, 6) is -0.160. The Hall–Kier alpha value is -2.57. The monoisotopic (exact) mass is 429 g/mol. The van der Waals surface area contributed by atoms with E-state index in [2.05, 4.69) is 10.6 Å². The number of carbonyl (C=O) groups is 3. The number of ether oxygens (including phenoxy) is 1. The van der Waals surface area contributed by atoms with E-state index in [1.54, 1.807) is 24.1 Å². The van der Waals surface area contributed by atoms with Crippen LogP contribution in [0.2, 0.25) is 0 Å². The third-order valence-electron chi connectivity index (χ3n) is 6.62. The molecule has 2 N–H and O–H groups in total. The number of carbonyl (C=O) groups excluding carboxylic acids is 3. The van der Waals surface area contributed by atoms with Gasteiger partial charge in [-0.05, 0) is 43.0 Å². The van der Waals surface area contributed by atoms with Crippen LogP contribution in [0.25, 0.3) is 0 Å². The van der Waals surface area contributed by atoms with Crippen LogP contribution in [0.15, 0.2) is 24.3 Å². The van der Waals surface area contributed by atoms with Gasteiger partial charge in [-0.25, -0.2) is 0 Å². The molecule has 0 unspecified atom stereocenters. The third kappa shape index (κ3) is 5.77. The summed E-state index contributed by atoms with van der Waals surface area (Å²) in [5.41, 5.74) is 0.745. The quantitative estimate of drug-likeness (QED) is 0.665. The van der Waals surface area contributed by atoms with Crippen molar-refractivity contribution in [2.45, 2.75) is 70.9 Å². The summed E-state index contributed by atoms with van der Waals surface area (Å²) in [6.07, 6.45) is 6.42. The molecule has 3 rings (SSSR count). The van der Waals surface area contributed by atoms with Crippen LogP contribution in [0, 0.1) is 11.8 Å².